The number of hydrogen-bond acceptors (Lipinski definition) is 3. The third-order valence-corrected chi connectivity index (χ3v) is 4.35. The highest BCUT2D eigenvalue weighted by atomic mass is 15.3. The Morgan fingerprint density at radius 1 is 1.41 bits per heavy atom. The summed E-state index contributed by atoms with van der Waals surface area (Å²) in [4.78, 5) is 4.39. The van der Waals surface area contributed by atoms with E-state index in [-0.39, 0.29) is 0 Å². The van der Waals surface area contributed by atoms with Crippen LogP contribution in [-0.2, 0) is 13.5 Å². The van der Waals surface area contributed by atoms with Crippen LogP contribution in [0.1, 0.15) is 44.3 Å². The van der Waals surface area contributed by atoms with E-state index in [2.05, 4.69) is 15.4 Å². The zero-order valence-electron chi connectivity index (χ0n) is 10.7. The molecule has 1 N–H and O–H groups in total. The van der Waals surface area contributed by atoms with E-state index < -0.39 is 0 Å². The SMILES string of the molecule is Cn1ncnc1CC1(CNC2CC2)CCCC1. The van der Waals surface area contributed by atoms with Gasteiger partial charge in [-0.3, -0.25) is 4.68 Å². The molecular weight excluding hydrogens is 212 g/mol. The molecule has 3 rings (SSSR count). The second-order valence-electron chi connectivity index (χ2n) is 5.84. The average Bonchev–Trinajstić information content (AvgIpc) is 2.92. The van der Waals surface area contributed by atoms with Crippen molar-refractivity contribution in [1.82, 2.24) is 20.1 Å². The first-order valence-corrected chi connectivity index (χ1v) is 6.84. The molecule has 0 spiro atoms. The van der Waals surface area contributed by atoms with Crippen LogP contribution in [0, 0.1) is 5.41 Å². The van der Waals surface area contributed by atoms with E-state index in [9.17, 15) is 0 Å². The Balaban J connectivity index is 1.67. The average molecular weight is 234 g/mol. The van der Waals surface area contributed by atoms with Crippen molar-refractivity contribution < 1.29 is 0 Å². The molecule has 2 saturated carbocycles. The number of rotatable bonds is 5. The van der Waals surface area contributed by atoms with E-state index >= 15 is 0 Å². The van der Waals surface area contributed by atoms with Gasteiger partial charge in [-0.1, -0.05) is 12.8 Å². The first kappa shape index (κ1) is 11.2. The van der Waals surface area contributed by atoms with Gasteiger partial charge < -0.3 is 5.32 Å². The van der Waals surface area contributed by atoms with Crippen molar-refractivity contribution in [1.29, 1.82) is 0 Å². The van der Waals surface area contributed by atoms with Gasteiger partial charge in [0.05, 0.1) is 0 Å². The lowest BCUT2D eigenvalue weighted by atomic mass is 9.82. The fourth-order valence-corrected chi connectivity index (χ4v) is 3.00. The van der Waals surface area contributed by atoms with Crippen LogP contribution < -0.4 is 5.32 Å². The Labute approximate surface area is 103 Å². The van der Waals surface area contributed by atoms with E-state index in [1.54, 1.807) is 6.33 Å². The van der Waals surface area contributed by atoms with Crippen LogP contribution in [0.3, 0.4) is 0 Å². The second-order valence-corrected chi connectivity index (χ2v) is 5.84. The van der Waals surface area contributed by atoms with Crippen molar-refractivity contribution in [3.05, 3.63) is 12.2 Å². The fraction of sp³-hybridized carbons (Fsp3) is 0.846. The standard InChI is InChI=1S/C13H22N4/c1-17-12(15-10-16-17)8-13(6-2-3-7-13)9-14-11-4-5-11/h10-11,14H,2-9H2,1H3. The summed E-state index contributed by atoms with van der Waals surface area (Å²) in [6.07, 6.45) is 11.0. The van der Waals surface area contributed by atoms with Crippen molar-refractivity contribution in [3.8, 4) is 0 Å². The predicted octanol–water partition coefficient (Wildman–Crippen LogP) is 1.67. The zero-order valence-corrected chi connectivity index (χ0v) is 10.7. The third-order valence-electron chi connectivity index (χ3n) is 4.35. The second kappa shape index (κ2) is 4.41. The molecule has 17 heavy (non-hydrogen) atoms. The summed E-state index contributed by atoms with van der Waals surface area (Å²) >= 11 is 0. The van der Waals surface area contributed by atoms with Gasteiger partial charge in [0.15, 0.2) is 0 Å². The van der Waals surface area contributed by atoms with Crippen molar-refractivity contribution in [3.63, 3.8) is 0 Å². The highest BCUT2D eigenvalue weighted by molar-refractivity contribution is 4.98. The predicted molar refractivity (Wildman–Crippen MR) is 66.6 cm³/mol. The third kappa shape index (κ3) is 2.51. The van der Waals surface area contributed by atoms with Crippen LogP contribution in [0.25, 0.3) is 0 Å². The monoisotopic (exact) mass is 234 g/mol. The normalized spacial score (nSPS) is 23.1. The maximum absolute atomic E-state index is 4.39. The highest BCUT2D eigenvalue weighted by Crippen LogP contribution is 2.40. The smallest absolute Gasteiger partial charge is 0.138 e. The van der Waals surface area contributed by atoms with Crippen molar-refractivity contribution in [2.45, 2.75) is 51.0 Å². The van der Waals surface area contributed by atoms with Crippen LogP contribution >= 0.6 is 0 Å². The molecule has 4 heteroatoms. The quantitative estimate of drug-likeness (QED) is 0.842. The van der Waals surface area contributed by atoms with E-state index in [1.165, 1.54) is 45.1 Å². The maximum atomic E-state index is 4.39. The molecule has 0 radical (unpaired) electrons. The molecule has 2 aliphatic carbocycles. The molecule has 0 atom stereocenters. The first-order valence-electron chi connectivity index (χ1n) is 6.84. The molecule has 2 fully saturated rings. The summed E-state index contributed by atoms with van der Waals surface area (Å²) < 4.78 is 1.93. The zero-order chi connectivity index (χ0) is 11.7. The molecule has 1 aromatic rings. The van der Waals surface area contributed by atoms with Gasteiger partial charge in [-0.15, -0.1) is 0 Å². The maximum Gasteiger partial charge on any atom is 0.138 e. The van der Waals surface area contributed by atoms with E-state index in [4.69, 9.17) is 0 Å². The van der Waals surface area contributed by atoms with E-state index in [0.29, 0.717) is 5.41 Å². The molecule has 0 bridgehead atoms. The minimum absolute atomic E-state index is 0.448. The number of aryl methyl sites for hydroxylation is 1. The molecule has 0 unspecified atom stereocenters. The van der Waals surface area contributed by atoms with Gasteiger partial charge in [-0.25, -0.2) is 4.98 Å². The molecule has 94 valence electrons. The summed E-state index contributed by atoms with van der Waals surface area (Å²) in [5, 5.41) is 7.90. The summed E-state index contributed by atoms with van der Waals surface area (Å²) in [5.74, 6) is 1.14. The van der Waals surface area contributed by atoms with Gasteiger partial charge >= 0.3 is 0 Å². The van der Waals surface area contributed by atoms with Crippen molar-refractivity contribution in [2.24, 2.45) is 12.5 Å². The minimum Gasteiger partial charge on any atom is -0.313 e. The van der Waals surface area contributed by atoms with Crippen LogP contribution in [0.5, 0.6) is 0 Å². The Bertz CT molecular complexity index is 375. The Kier molecular flexibility index (Phi) is 2.90. The van der Waals surface area contributed by atoms with Gasteiger partial charge in [0.2, 0.25) is 0 Å². The molecule has 0 aliphatic heterocycles. The molecule has 1 heterocycles. The summed E-state index contributed by atoms with van der Waals surface area (Å²) in [6, 6.07) is 0.812. The van der Waals surface area contributed by atoms with Crippen LogP contribution in [-0.4, -0.2) is 27.4 Å². The fourth-order valence-electron chi connectivity index (χ4n) is 3.00. The first-order chi connectivity index (χ1) is 8.27. The molecule has 0 aromatic carbocycles. The molecule has 0 amide bonds. The van der Waals surface area contributed by atoms with Gasteiger partial charge in [-0.05, 0) is 31.1 Å². The minimum atomic E-state index is 0.448. The molecular formula is C13H22N4. The lowest BCUT2D eigenvalue weighted by molar-refractivity contribution is 0.267. The molecule has 2 aliphatic rings. The molecule has 1 aromatic heterocycles. The van der Waals surface area contributed by atoms with Gasteiger partial charge in [0.1, 0.15) is 12.2 Å². The summed E-state index contributed by atoms with van der Waals surface area (Å²) in [7, 11) is 2.00. The summed E-state index contributed by atoms with van der Waals surface area (Å²) in [5.41, 5.74) is 0.448. The van der Waals surface area contributed by atoms with E-state index in [1.807, 2.05) is 11.7 Å². The topological polar surface area (TPSA) is 42.7 Å². The van der Waals surface area contributed by atoms with Gasteiger partial charge in [0, 0.05) is 26.1 Å². The van der Waals surface area contributed by atoms with Crippen LogP contribution in [0.4, 0.5) is 0 Å². The van der Waals surface area contributed by atoms with Crippen LogP contribution in [0.2, 0.25) is 0 Å². The Hall–Kier alpha value is -0.900. The van der Waals surface area contributed by atoms with Gasteiger partial charge in [-0.2, -0.15) is 5.10 Å². The number of hydrogen-bond donors (Lipinski definition) is 1. The van der Waals surface area contributed by atoms with Crippen molar-refractivity contribution in [2.75, 3.05) is 6.54 Å². The van der Waals surface area contributed by atoms with Crippen LogP contribution in [0.15, 0.2) is 6.33 Å². The Morgan fingerprint density at radius 2 is 2.18 bits per heavy atom. The van der Waals surface area contributed by atoms with E-state index in [0.717, 1.165) is 18.3 Å². The molecule has 0 saturated heterocycles. The number of aromatic nitrogens is 3. The lowest BCUT2D eigenvalue weighted by Crippen LogP contribution is -2.35. The Morgan fingerprint density at radius 3 is 2.76 bits per heavy atom. The van der Waals surface area contributed by atoms with Gasteiger partial charge in [0.25, 0.3) is 0 Å². The molecule has 4 nitrogen and oxygen atoms in total. The lowest BCUT2D eigenvalue weighted by Gasteiger charge is -2.29. The largest absolute Gasteiger partial charge is 0.313 e. The number of nitrogens with zero attached hydrogens (tertiary/aromatic N) is 3. The number of nitrogens with one attached hydrogen (secondary N) is 1. The highest BCUT2D eigenvalue weighted by Gasteiger charge is 2.36. The summed E-state index contributed by atoms with van der Waals surface area (Å²) in [6.45, 7) is 1.17. The van der Waals surface area contributed by atoms with Crippen molar-refractivity contribution >= 4 is 0 Å².